The first kappa shape index (κ1) is 15.2. The molecule has 3 aliphatic carbocycles. The van der Waals surface area contributed by atoms with Gasteiger partial charge in [-0.15, -0.1) is 0 Å². The van der Waals surface area contributed by atoms with Gasteiger partial charge in [0, 0.05) is 6.54 Å². The summed E-state index contributed by atoms with van der Waals surface area (Å²) in [5, 5.41) is 6.42. The number of nitrogens with one attached hydrogen (secondary N) is 2. The Morgan fingerprint density at radius 2 is 2.30 bits per heavy atom. The first-order chi connectivity index (χ1) is 11.1. The summed E-state index contributed by atoms with van der Waals surface area (Å²) in [6, 6.07) is 0.169. The summed E-state index contributed by atoms with van der Waals surface area (Å²) >= 11 is 0. The number of rotatable bonds is 4. The third kappa shape index (κ3) is 2.59. The molecule has 4 atom stereocenters. The Balaban J connectivity index is 1.33. The van der Waals surface area contributed by atoms with Crippen molar-refractivity contribution in [3.05, 3.63) is 17.8 Å². The number of hydrogen-bond donors (Lipinski definition) is 2. The fourth-order valence-corrected chi connectivity index (χ4v) is 4.97. The van der Waals surface area contributed by atoms with Gasteiger partial charge in [0.1, 0.15) is 6.26 Å². The van der Waals surface area contributed by atoms with E-state index in [1.807, 2.05) is 0 Å². The first-order valence-electron chi connectivity index (χ1n) is 9.02. The fourth-order valence-electron chi connectivity index (χ4n) is 4.97. The van der Waals surface area contributed by atoms with Crippen molar-refractivity contribution in [1.82, 2.24) is 15.6 Å². The van der Waals surface area contributed by atoms with E-state index in [1.165, 1.54) is 25.5 Å². The van der Waals surface area contributed by atoms with Crippen molar-refractivity contribution in [2.24, 2.45) is 23.2 Å². The Bertz CT molecular complexity index is 587. The zero-order chi connectivity index (χ0) is 16.0. The van der Waals surface area contributed by atoms with Gasteiger partial charge >= 0.3 is 0 Å². The van der Waals surface area contributed by atoms with Crippen molar-refractivity contribution in [3.63, 3.8) is 0 Å². The summed E-state index contributed by atoms with van der Waals surface area (Å²) in [4.78, 5) is 16.7. The van der Waals surface area contributed by atoms with Crippen LogP contribution in [0, 0.1) is 23.2 Å². The first-order valence-corrected chi connectivity index (χ1v) is 9.02. The largest absolute Gasteiger partial charge is 0.446 e. The Morgan fingerprint density at radius 1 is 1.43 bits per heavy atom. The van der Waals surface area contributed by atoms with Gasteiger partial charge in [0.2, 0.25) is 5.89 Å². The molecule has 5 nitrogen and oxygen atoms in total. The number of aromatic nitrogens is 1. The highest BCUT2D eigenvalue weighted by Gasteiger charge is 2.53. The van der Waals surface area contributed by atoms with E-state index in [0.717, 1.165) is 37.8 Å². The van der Waals surface area contributed by atoms with Crippen molar-refractivity contribution >= 4 is 5.91 Å². The predicted molar refractivity (Wildman–Crippen MR) is 86.9 cm³/mol. The third-order valence-corrected chi connectivity index (χ3v) is 6.64. The summed E-state index contributed by atoms with van der Waals surface area (Å²) in [5.41, 5.74) is 0.873. The van der Waals surface area contributed by atoms with Crippen LogP contribution in [0.25, 0.3) is 0 Å². The van der Waals surface area contributed by atoms with Crippen LogP contribution in [0.2, 0.25) is 0 Å². The van der Waals surface area contributed by atoms with Gasteiger partial charge in [-0.1, -0.05) is 13.8 Å². The van der Waals surface area contributed by atoms with Crippen LogP contribution in [0.4, 0.5) is 0 Å². The van der Waals surface area contributed by atoms with Gasteiger partial charge in [-0.3, -0.25) is 4.79 Å². The van der Waals surface area contributed by atoms with Crippen LogP contribution in [0.3, 0.4) is 0 Å². The van der Waals surface area contributed by atoms with Gasteiger partial charge in [-0.05, 0) is 61.8 Å². The Labute approximate surface area is 137 Å². The van der Waals surface area contributed by atoms with Crippen molar-refractivity contribution in [1.29, 1.82) is 0 Å². The zero-order valence-electron chi connectivity index (χ0n) is 14.1. The second-order valence-corrected chi connectivity index (χ2v) is 8.13. The van der Waals surface area contributed by atoms with Crippen LogP contribution in [0.1, 0.15) is 68.4 Å². The molecule has 5 rings (SSSR count). The molecule has 2 N–H and O–H groups in total. The number of oxazole rings is 1. The van der Waals surface area contributed by atoms with Gasteiger partial charge in [-0.25, -0.2) is 4.98 Å². The maximum Gasteiger partial charge on any atom is 0.273 e. The Kier molecular flexibility index (Phi) is 3.71. The number of nitrogens with zero attached hydrogens (tertiary/aromatic N) is 1. The van der Waals surface area contributed by atoms with E-state index in [-0.39, 0.29) is 11.9 Å². The van der Waals surface area contributed by atoms with Gasteiger partial charge < -0.3 is 15.1 Å². The van der Waals surface area contributed by atoms with E-state index in [0.29, 0.717) is 22.9 Å². The molecule has 23 heavy (non-hydrogen) atoms. The van der Waals surface area contributed by atoms with E-state index < -0.39 is 0 Å². The maximum absolute atomic E-state index is 12.3. The predicted octanol–water partition coefficient (Wildman–Crippen LogP) is 2.90. The van der Waals surface area contributed by atoms with Crippen molar-refractivity contribution in [2.75, 3.05) is 13.1 Å². The molecule has 5 heteroatoms. The molecule has 0 aromatic carbocycles. The van der Waals surface area contributed by atoms with Gasteiger partial charge in [0.25, 0.3) is 5.91 Å². The van der Waals surface area contributed by atoms with Crippen LogP contribution in [0.15, 0.2) is 10.7 Å². The Morgan fingerprint density at radius 3 is 3.00 bits per heavy atom. The lowest BCUT2D eigenvalue weighted by Gasteiger charge is -2.60. The highest BCUT2D eigenvalue weighted by molar-refractivity contribution is 5.91. The van der Waals surface area contributed by atoms with E-state index in [2.05, 4.69) is 29.5 Å². The van der Waals surface area contributed by atoms with Crippen molar-refractivity contribution in [2.45, 2.75) is 52.0 Å². The van der Waals surface area contributed by atoms with Crippen molar-refractivity contribution < 1.29 is 9.21 Å². The lowest BCUT2D eigenvalue weighted by atomic mass is 9.45. The summed E-state index contributed by atoms with van der Waals surface area (Å²) in [7, 11) is 0. The molecule has 2 bridgehead atoms. The average molecular weight is 317 g/mol. The summed E-state index contributed by atoms with van der Waals surface area (Å²) < 4.78 is 5.49. The molecule has 0 radical (unpaired) electrons. The van der Waals surface area contributed by atoms with Gasteiger partial charge in [0.05, 0.1) is 6.04 Å². The quantitative estimate of drug-likeness (QED) is 0.896. The molecule has 1 saturated heterocycles. The molecule has 4 fully saturated rings. The normalized spacial score (nSPS) is 34.9. The molecular weight excluding hydrogens is 290 g/mol. The van der Waals surface area contributed by atoms with E-state index >= 15 is 0 Å². The minimum atomic E-state index is -0.0998. The molecule has 2 heterocycles. The molecule has 1 aromatic heterocycles. The summed E-state index contributed by atoms with van der Waals surface area (Å²) in [6.45, 7) is 6.54. The van der Waals surface area contributed by atoms with Crippen LogP contribution < -0.4 is 10.6 Å². The van der Waals surface area contributed by atoms with Crippen LogP contribution in [0.5, 0.6) is 0 Å². The fraction of sp³-hybridized carbons (Fsp3) is 0.778. The second-order valence-electron chi connectivity index (χ2n) is 8.13. The molecule has 126 valence electrons. The zero-order valence-corrected chi connectivity index (χ0v) is 14.1. The molecule has 0 spiro atoms. The minimum Gasteiger partial charge on any atom is -0.446 e. The second kappa shape index (κ2) is 5.62. The molecule has 1 aromatic rings. The van der Waals surface area contributed by atoms with E-state index in [9.17, 15) is 4.79 Å². The smallest absolute Gasteiger partial charge is 0.273 e. The number of carbonyl (C=O) groups excluding carboxylic acids is 1. The molecular formula is C18H27N3O2. The lowest BCUT2D eigenvalue weighted by molar-refractivity contribution is -0.103. The monoisotopic (exact) mass is 317 g/mol. The minimum absolute atomic E-state index is 0.0998. The molecule has 1 amide bonds. The number of hydrogen-bond acceptors (Lipinski definition) is 4. The Hall–Kier alpha value is -1.36. The third-order valence-electron chi connectivity index (χ3n) is 6.64. The standard InChI is InChI=1S/C18H27N3O2/c1-18(2)12-6-5-11(13(18)8-12)9-20-16(22)15-10-23-17(21-15)14-4-3-7-19-14/h10-14,19H,3-9H2,1-2H3,(H,20,22). The lowest BCUT2D eigenvalue weighted by Crippen LogP contribution is -2.54. The molecule has 4 aliphatic rings. The maximum atomic E-state index is 12.3. The molecule has 1 aliphatic heterocycles. The van der Waals surface area contributed by atoms with Gasteiger partial charge in [0.15, 0.2) is 5.69 Å². The SMILES string of the molecule is CC1(C)C2CCC(CNC(=O)c3coc(C4CCCN4)n3)C1C2. The van der Waals surface area contributed by atoms with E-state index in [4.69, 9.17) is 4.42 Å². The van der Waals surface area contributed by atoms with E-state index in [1.54, 1.807) is 0 Å². The van der Waals surface area contributed by atoms with Crippen LogP contribution >= 0.6 is 0 Å². The summed E-state index contributed by atoms with van der Waals surface area (Å²) in [5.74, 6) is 2.82. The highest BCUT2D eigenvalue weighted by atomic mass is 16.3. The highest BCUT2D eigenvalue weighted by Crippen LogP contribution is 2.61. The number of fused-ring (bicyclic) bond motifs is 2. The number of amides is 1. The topological polar surface area (TPSA) is 67.2 Å². The average Bonchev–Trinajstić information content (AvgIpc) is 3.23. The van der Waals surface area contributed by atoms with Gasteiger partial charge in [-0.2, -0.15) is 0 Å². The van der Waals surface area contributed by atoms with Crippen molar-refractivity contribution in [3.8, 4) is 0 Å². The summed E-state index contributed by atoms with van der Waals surface area (Å²) in [6.07, 6.45) is 7.56. The van der Waals surface area contributed by atoms with Crippen LogP contribution in [-0.2, 0) is 0 Å². The molecule has 3 saturated carbocycles. The number of carbonyl (C=O) groups is 1. The molecule has 4 unspecified atom stereocenters. The van der Waals surface area contributed by atoms with Crippen LogP contribution in [-0.4, -0.2) is 24.0 Å².